The summed E-state index contributed by atoms with van der Waals surface area (Å²) in [6, 6.07) is 20.0. The number of halogens is 1. The van der Waals surface area contributed by atoms with E-state index in [1.54, 1.807) is 29.2 Å². The third-order valence-corrected chi connectivity index (χ3v) is 5.52. The summed E-state index contributed by atoms with van der Waals surface area (Å²) in [6.07, 6.45) is 1.54. The highest BCUT2D eigenvalue weighted by Gasteiger charge is 2.25. The number of nitrogens with one attached hydrogen (secondary N) is 2. The molecule has 1 aliphatic rings. The summed E-state index contributed by atoms with van der Waals surface area (Å²) < 4.78 is 12.9. The van der Waals surface area contributed by atoms with E-state index in [1.165, 1.54) is 29.8 Å². The van der Waals surface area contributed by atoms with Crippen LogP contribution in [0.5, 0.6) is 0 Å². The Balaban J connectivity index is 1.23. The van der Waals surface area contributed by atoms with Gasteiger partial charge in [-0.3, -0.25) is 14.4 Å². The maximum Gasteiger partial charge on any atom is 0.258 e. The quantitative estimate of drug-likeness (QED) is 0.536. The van der Waals surface area contributed by atoms with E-state index in [0.29, 0.717) is 36.3 Å². The van der Waals surface area contributed by atoms with Crippen molar-refractivity contribution in [2.75, 3.05) is 23.3 Å². The molecule has 168 valence electrons. The second-order valence-electron chi connectivity index (χ2n) is 7.83. The van der Waals surface area contributed by atoms with Crippen LogP contribution in [0.4, 0.5) is 15.8 Å². The number of benzene rings is 3. The zero-order valence-corrected chi connectivity index (χ0v) is 18.0. The molecule has 0 saturated carbocycles. The van der Waals surface area contributed by atoms with Gasteiger partial charge in [-0.1, -0.05) is 18.2 Å². The van der Waals surface area contributed by atoms with E-state index in [9.17, 15) is 18.8 Å². The first-order valence-corrected chi connectivity index (χ1v) is 10.8. The highest BCUT2D eigenvalue weighted by atomic mass is 19.1. The Hall–Kier alpha value is -4.00. The van der Waals surface area contributed by atoms with E-state index >= 15 is 0 Å². The van der Waals surface area contributed by atoms with E-state index in [4.69, 9.17) is 0 Å². The van der Waals surface area contributed by atoms with Crippen molar-refractivity contribution < 1.29 is 18.8 Å². The molecule has 1 heterocycles. The molecule has 0 aromatic heterocycles. The maximum absolute atomic E-state index is 12.9. The van der Waals surface area contributed by atoms with Gasteiger partial charge in [0.15, 0.2) is 0 Å². The number of carbonyl (C=O) groups excluding carboxylic acids is 3. The average molecular weight is 445 g/mol. The molecule has 33 heavy (non-hydrogen) atoms. The first-order chi connectivity index (χ1) is 16.0. The standard InChI is InChI=1S/C26H24FN3O3/c27-21-11-7-19(8-12-21)25(32)28-16-3-6-24(31)29-22-13-9-20(10-14-22)26(33)30-17-15-18-4-1-2-5-23(18)30/h1-2,4-5,7-14H,3,6,15-17H2,(H,28,32)(H,29,31). The predicted octanol–water partition coefficient (Wildman–Crippen LogP) is 4.18. The van der Waals surface area contributed by atoms with Crippen LogP contribution >= 0.6 is 0 Å². The Labute approximate surface area is 191 Å². The molecule has 4 rings (SSSR count). The topological polar surface area (TPSA) is 78.5 Å². The van der Waals surface area contributed by atoms with Gasteiger partial charge in [-0.25, -0.2) is 4.39 Å². The van der Waals surface area contributed by atoms with Crippen LogP contribution in [0.1, 0.15) is 39.1 Å². The Morgan fingerprint density at radius 1 is 0.879 bits per heavy atom. The summed E-state index contributed by atoms with van der Waals surface area (Å²) in [4.78, 5) is 38.8. The molecular formula is C26H24FN3O3. The maximum atomic E-state index is 12.9. The molecule has 0 fully saturated rings. The van der Waals surface area contributed by atoms with Gasteiger partial charge in [0.2, 0.25) is 5.91 Å². The molecule has 3 amide bonds. The van der Waals surface area contributed by atoms with E-state index < -0.39 is 5.82 Å². The van der Waals surface area contributed by atoms with Crippen LogP contribution < -0.4 is 15.5 Å². The summed E-state index contributed by atoms with van der Waals surface area (Å²) in [5, 5.41) is 5.51. The molecule has 0 bridgehead atoms. The van der Waals surface area contributed by atoms with Crippen molar-refractivity contribution in [2.24, 2.45) is 0 Å². The van der Waals surface area contributed by atoms with Crippen molar-refractivity contribution in [2.45, 2.75) is 19.3 Å². The third-order valence-electron chi connectivity index (χ3n) is 5.52. The number of rotatable bonds is 7. The summed E-state index contributed by atoms with van der Waals surface area (Å²) in [5.41, 5.74) is 3.66. The summed E-state index contributed by atoms with van der Waals surface area (Å²) in [5.74, 6) is -0.952. The molecule has 0 radical (unpaired) electrons. The van der Waals surface area contributed by atoms with Gasteiger partial charge in [0.25, 0.3) is 11.8 Å². The molecule has 0 aliphatic carbocycles. The Kier molecular flexibility index (Phi) is 6.78. The fourth-order valence-corrected chi connectivity index (χ4v) is 3.78. The predicted molar refractivity (Wildman–Crippen MR) is 125 cm³/mol. The number of amides is 3. The number of nitrogens with zero attached hydrogens (tertiary/aromatic N) is 1. The van der Waals surface area contributed by atoms with Gasteiger partial charge < -0.3 is 15.5 Å². The van der Waals surface area contributed by atoms with Gasteiger partial charge >= 0.3 is 0 Å². The van der Waals surface area contributed by atoms with Gasteiger partial charge in [0.05, 0.1) is 0 Å². The van der Waals surface area contributed by atoms with E-state index in [2.05, 4.69) is 10.6 Å². The molecule has 7 heteroatoms. The number of fused-ring (bicyclic) bond motifs is 1. The van der Waals surface area contributed by atoms with Crippen molar-refractivity contribution in [3.05, 3.63) is 95.3 Å². The van der Waals surface area contributed by atoms with E-state index in [0.717, 1.165) is 12.1 Å². The summed E-state index contributed by atoms with van der Waals surface area (Å²) in [6.45, 7) is 0.989. The van der Waals surface area contributed by atoms with E-state index in [-0.39, 0.29) is 24.1 Å². The Morgan fingerprint density at radius 2 is 1.58 bits per heavy atom. The van der Waals surface area contributed by atoms with Crippen LogP contribution in [0.3, 0.4) is 0 Å². The van der Waals surface area contributed by atoms with Gasteiger partial charge in [-0.15, -0.1) is 0 Å². The number of carbonyl (C=O) groups is 3. The monoisotopic (exact) mass is 445 g/mol. The first-order valence-electron chi connectivity index (χ1n) is 10.8. The SMILES string of the molecule is O=C(CCCNC(=O)c1ccc(F)cc1)Nc1ccc(C(=O)N2CCc3ccccc32)cc1. The van der Waals surface area contributed by atoms with Crippen LogP contribution in [-0.4, -0.2) is 30.8 Å². The van der Waals surface area contributed by atoms with Crippen LogP contribution in [-0.2, 0) is 11.2 Å². The lowest BCUT2D eigenvalue weighted by Gasteiger charge is -2.17. The zero-order valence-electron chi connectivity index (χ0n) is 18.0. The fourth-order valence-electron chi connectivity index (χ4n) is 3.78. The summed E-state index contributed by atoms with van der Waals surface area (Å²) in [7, 11) is 0. The molecule has 0 atom stereocenters. The van der Waals surface area contributed by atoms with Gasteiger partial charge in [0.1, 0.15) is 5.82 Å². The minimum atomic E-state index is -0.401. The molecule has 2 N–H and O–H groups in total. The average Bonchev–Trinajstić information content (AvgIpc) is 3.26. The molecule has 0 unspecified atom stereocenters. The van der Waals surface area contributed by atoms with Crippen LogP contribution in [0.2, 0.25) is 0 Å². The molecule has 3 aromatic rings. The first kappa shape index (κ1) is 22.2. The second-order valence-corrected chi connectivity index (χ2v) is 7.83. The number of para-hydroxylation sites is 1. The molecule has 0 saturated heterocycles. The van der Waals surface area contributed by atoms with Crippen molar-refractivity contribution in [3.8, 4) is 0 Å². The lowest BCUT2D eigenvalue weighted by molar-refractivity contribution is -0.116. The third kappa shape index (κ3) is 5.44. The number of hydrogen-bond acceptors (Lipinski definition) is 3. The molecule has 3 aromatic carbocycles. The lowest BCUT2D eigenvalue weighted by atomic mass is 10.1. The van der Waals surface area contributed by atoms with Crippen molar-refractivity contribution >= 4 is 29.1 Å². The van der Waals surface area contributed by atoms with E-state index in [1.807, 2.05) is 24.3 Å². The number of anilines is 2. The largest absolute Gasteiger partial charge is 0.352 e. The van der Waals surface area contributed by atoms with Crippen LogP contribution in [0.15, 0.2) is 72.8 Å². The minimum absolute atomic E-state index is 0.0604. The fraction of sp³-hybridized carbons (Fsp3) is 0.192. The van der Waals surface area contributed by atoms with Crippen molar-refractivity contribution in [1.82, 2.24) is 5.32 Å². The van der Waals surface area contributed by atoms with Crippen LogP contribution in [0, 0.1) is 5.82 Å². The second kappa shape index (κ2) is 10.1. The molecule has 6 nitrogen and oxygen atoms in total. The lowest BCUT2D eigenvalue weighted by Crippen LogP contribution is -2.28. The van der Waals surface area contributed by atoms with Gasteiger partial charge in [0, 0.05) is 42.0 Å². The zero-order chi connectivity index (χ0) is 23.2. The Morgan fingerprint density at radius 3 is 2.33 bits per heavy atom. The van der Waals surface area contributed by atoms with Crippen molar-refractivity contribution in [3.63, 3.8) is 0 Å². The summed E-state index contributed by atoms with van der Waals surface area (Å²) >= 11 is 0. The number of hydrogen-bond donors (Lipinski definition) is 2. The Bertz CT molecular complexity index is 1160. The minimum Gasteiger partial charge on any atom is -0.352 e. The van der Waals surface area contributed by atoms with Gasteiger partial charge in [-0.05, 0) is 73.0 Å². The molecular weight excluding hydrogens is 421 g/mol. The van der Waals surface area contributed by atoms with Gasteiger partial charge in [-0.2, -0.15) is 0 Å². The smallest absolute Gasteiger partial charge is 0.258 e. The van der Waals surface area contributed by atoms with Crippen molar-refractivity contribution in [1.29, 1.82) is 0 Å². The highest BCUT2D eigenvalue weighted by Crippen LogP contribution is 2.29. The van der Waals surface area contributed by atoms with Crippen LogP contribution in [0.25, 0.3) is 0 Å². The molecule has 1 aliphatic heterocycles. The normalized spacial score (nSPS) is 12.2. The molecule has 0 spiro atoms. The highest BCUT2D eigenvalue weighted by molar-refractivity contribution is 6.07.